The van der Waals surface area contributed by atoms with Crippen molar-refractivity contribution in [1.29, 1.82) is 0 Å². The molecule has 1 aromatic heterocycles. The van der Waals surface area contributed by atoms with E-state index in [1.807, 2.05) is 17.9 Å². The van der Waals surface area contributed by atoms with Crippen LogP contribution in [0, 0.1) is 12.8 Å². The number of hydrogen-bond donors (Lipinski definition) is 1. The molecule has 0 saturated carbocycles. The number of aryl methyl sites for hydroxylation is 2. The zero-order valence-electron chi connectivity index (χ0n) is 20.4. The van der Waals surface area contributed by atoms with Crippen molar-refractivity contribution in [2.75, 3.05) is 45.7 Å². The molecule has 3 heterocycles. The Morgan fingerprint density at radius 3 is 2.74 bits per heavy atom. The number of methoxy groups -OCH3 is 2. The maximum atomic E-state index is 13.7. The van der Waals surface area contributed by atoms with E-state index in [0.717, 1.165) is 42.8 Å². The molecule has 2 saturated heterocycles. The zero-order valence-corrected chi connectivity index (χ0v) is 21.2. The molecule has 184 valence electrons. The fraction of sp³-hybridized carbons (Fsp3) is 0.560. The van der Waals surface area contributed by atoms with Crippen LogP contribution in [-0.4, -0.2) is 73.0 Å². The minimum Gasteiger partial charge on any atom is -0.493 e. The van der Waals surface area contributed by atoms with Crippen molar-refractivity contribution in [1.82, 2.24) is 14.8 Å². The highest BCUT2D eigenvalue weighted by Crippen LogP contribution is 2.35. The monoisotopic (exact) mass is 486 g/mol. The smallest absolute Gasteiger partial charge is 0.258 e. The third kappa shape index (κ3) is 5.05. The number of rotatable bonds is 7. The number of ether oxygens (including phenoxy) is 2. The quantitative estimate of drug-likeness (QED) is 0.644. The van der Waals surface area contributed by atoms with Crippen molar-refractivity contribution in [2.45, 2.75) is 45.6 Å². The zero-order chi connectivity index (χ0) is 24.2. The molecule has 2 fully saturated rings. The summed E-state index contributed by atoms with van der Waals surface area (Å²) in [5.74, 6) is 1.28. The van der Waals surface area contributed by atoms with Crippen LogP contribution in [0.1, 0.15) is 47.1 Å². The number of hydrogen-bond acceptors (Lipinski definition) is 7. The van der Waals surface area contributed by atoms with Gasteiger partial charge < -0.3 is 19.7 Å². The van der Waals surface area contributed by atoms with E-state index >= 15 is 0 Å². The van der Waals surface area contributed by atoms with E-state index in [-0.39, 0.29) is 17.9 Å². The number of para-hydroxylation sites is 1. The van der Waals surface area contributed by atoms with Gasteiger partial charge in [0.15, 0.2) is 16.6 Å². The Labute approximate surface area is 205 Å². The van der Waals surface area contributed by atoms with E-state index in [9.17, 15) is 9.59 Å². The molecule has 4 rings (SSSR count). The van der Waals surface area contributed by atoms with Crippen LogP contribution in [-0.2, 0) is 11.2 Å². The predicted octanol–water partition coefficient (Wildman–Crippen LogP) is 3.60. The number of carbonyl (C=O) groups is 2. The molecular formula is C25H34N4O4S. The molecule has 1 aromatic carbocycles. The highest BCUT2D eigenvalue weighted by molar-refractivity contribution is 7.15. The van der Waals surface area contributed by atoms with Gasteiger partial charge in [-0.1, -0.05) is 19.4 Å². The molecular weight excluding hydrogens is 452 g/mol. The number of benzene rings is 1. The Bertz CT molecular complexity index is 1040. The summed E-state index contributed by atoms with van der Waals surface area (Å²) in [5.41, 5.74) is 1.55. The maximum Gasteiger partial charge on any atom is 0.258 e. The number of likely N-dealkylation sites (tertiary alicyclic amines) is 2. The largest absolute Gasteiger partial charge is 0.493 e. The first-order valence-electron chi connectivity index (χ1n) is 12.0. The Balaban J connectivity index is 1.46. The summed E-state index contributed by atoms with van der Waals surface area (Å²) in [6.07, 6.45) is 3.98. The lowest BCUT2D eigenvalue weighted by Gasteiger charge is -2.31. The first kappa shape index (κ1) is 24.5. The third-order valence-electron chi connectivity index (χ3n) is 6.84. The molecule has 2 aliphatic rings. The first-order valence-corrected chi connectivity index (χ1v) is 12.8. The lowest BCUT2D eigenvalue weighted by Crippen LogP contribution is -2.44. The number of carbonyl (C=O) groups excluding carboxylic acids is 2. The van der Waals surface area contributed by atoms with Crippen molar-refractivity contribution in [3.63, 3.8) is 0 Å². The van der Waals surface area contributed by atoms with Crippen LogP contribution in [0.4, 0.5) is 5.13 Å². The van der Waals surface area contributed by atoms with Gasteiger partial charge in [-0.3, -0.25) is 14.5 Å². The van der Waals surface area contributed by atoms with Crippen molar-refractivity contribution >= 4 is 28.3 Å². The van der Waals surface area contributed by atoms with Crippen molar-refractivity contribution in [2.24, 2.45) is 5.92 Å². The number of nitrogens with one attached hydrogen (secondary N) is 1. The predicted molar refractivity (Wildman–Crippen MR) is 133 cm³/mol. The van der Waals surface area contributed by atoms with Crippen molar-refractivity contribution in [3.05, 3.63) is 34.3 Å². The summed E-state index contributed by atoms with van der Waals surface area (Å²) in [4.78, 5) is 36.2. The molecule has 1 N–H and O–H groups in total. The van der Waals surface area contributed by atoms with Gasteiger partial charge in [0.2, 0.25) is 5.91 Å². The van der Waals surface area contributed by atoms with Crippen LogP contribution < -0.4 is 14.8 Å². The number of nitrogens with zero attached hydrogens (tertiary/aromatic N) is 3. The average Bonchev–Trinajstić information content (AvgIpc) is 3.33. The lowest BCUT2D eigenvalue weighted by atomic mass is 9.98. The number of anilines is 1. The molecule has 34 heavy (non-hydrogen) atoms. The number of thiazole rings is 1. The van der Waals surface area contributed by atoms with E-state index in [0.29, 0.717) is 47.7 Å². The second kappa shape index (κ2) is 10.7. The second-order valence-corrected chi connectivity index (χ2v) is 10.2. The fourth-order valence-corrected chi connectivity index (χ4v) is 6.11. The highest BCUT2D eigenvalue weighted by atomic mass is 32.1. The van der Waals surface area contributed by atoms with Crippen LogP contribution in [0.5, 0.6) is 11.5 Å². The van der Waals surface area contributed by atoms with Gasteiger partial charge in [0.1, 0.15) is 0 Å². The normalized spacial score (nSPS) is 20.5. The molecule has 2 aliphatic heterocycles. The molecule has 0 bridgehead atoms. The van der Waals surface area contributed by atoms with E-state index < -0.39 is 0 Å². The van der Waals surface area contributed by atoms with Crippen LogP contribution >= 0.6 is 11.3 Å². The minimum atomic E-state index is -0.0554. The van der Waals surface area contributed by atoms with Gasteiger partial charge in [0.05, 0.1) is 32.0 Å². The molecule has 2 aromatic rings. The van der Waals surface area contributed by atoms with E-state index in [4.69, 9.17) is 9.47 Å². The second-order valence-electron chi connectivity index (χ2n) is 8.98. The summed E-state index contributed by atoms with van der Waals surface area (Å²) >= 11 is 1.52. The Hall–Kier alpha value is -2.65. The molecule has 2 atom stereocenters. The Kier molecular flexibility index (Phi) is 7.73. The number of fused-ring (bicyclic) bond motifs is 1. The number of amides is 2. The van der Waals surface area contributed by atoms with Crippen molar-refractivity contribution in [3.8, 4) is 11.5 Å². The van der Waals surface area contributed by atoms with Gasteiger partial charge in [-0.15, -0.1) is 11.3 Å². The standard InChI is InChI=1S/C25H34N4O4S/c1-5-19-16(2)34-25(26-19)27-22(30)15-28-13-17-9-6-7-12-29(20(17)14-28)24(31)18-10-8-11-21(32-3)23(18)33-4/h8,10-11,17,20H,5-7,9,12-15H2,1-4H3,(H,26,27,30)/t17-,20+/m0/s1. The average molecular weight is 487 g/mol. The van der Waals surface area contributed by atoms with Crippen LogP contribution in [0.3, 0.4) is 0 Å². The van der Waals surface area contributed by atoms with Crippen LogP contribution in [0.15, 0.2) is 18.2 Å². The van der Waals surface area contributed by atoms with E-state index in [1.165, 1.54) is 11.3 Å². The molecule has 0 spiro atoms. The molecule has 9 heteroatoms. The lowest BCUT2D eigenvalue weighted by molar-refractivity contribution is -0.117. The van der Waals surface area contributed by atoms with E-state index in [1.54, 1.807) is 26.4 Å². The van der Waals surface area contributed by atoms with Crippen LogP contribution in [0.2, 0.25) is 0 Å². The molecule has 0 unspecified atom stereocenters. The van der Waals surface area contributed by atoms with Gasteiger partial charge in [-0.25, -0.2) is 4.98 Å². The Morgan fingerprint density at radius 1 is 1.21 bits per heavy atom. The summed E-state index contributed by atoms with van der Waals surface area (Å²) in [6, 6.07) is 5.49. The van der Waals surface area contributed by atoms with E-state index in [2.05, 4.69) is 22.1 Å². The third-order valence-corrected chi connectivity index (χ3v) is 7.77. The van der Waals surface area contributed by atoms with Gasteiger partial charge in [0, 0.05) is 30.6 Å². The molecule has 0 radical (unpaired) electrons. The molecule has 0 aliphatic carbocycles. The van der Waals surface area contributed by atoms with Crippen LogP contribution in [0.25, 0.3) is 0 Å². The van der Waals surface area contributed by atoms with Crippen molar-refractivity contribution < 1.29 is 19.1 Å². The Morgan fingerprint density at radius 2 is 2.03 bits per heavy atom. The van der Waals surface area contributed by atoms with Gasteiger partial charge in [0.25, 0.3) is 5.91 Å². The summed E-state index contributed by atoms with van der Waals surface area (Å²) < 4.78 is 10.9. The van der Waals surface area contributed by atoms with Gasteiger partial charge >= 0.3 is 0 Å². The summed E-state index contributed by atoms with van der Waals surface area (Å²) in [5, 5.41) is 3.62. The first-order chi connectivity index (χ1) is 16.4. The molecule has 8 nitrogen and oxygen atoms in total. The highest BCUT2D eigenvalue weighted by Gasteiger charge is 2.41. The van der Waals surface area contributed by atoms with Gasteiger partial charge in [-0.05, 0) is 44.2 Å². The van der Waals surface area contributed by atoms with Gasteiger partial charge in [-0.2, -0.15) is 0 Å². The fourth-order valence-electron chi connectivity index (χ4n) is 5.20. The summed E-state index contributed by atoms with van der Waals surface area (Å²) in [6.45, 7) is 6.61. The maximum absolute atomic E-state index is 13.7. The minimum absolute atomic E-state index is 0.0377. The topological polar surface area (TPSA) is 84.0 Å². The number of aromatic nitrogens is 1. The molecule has 2 amide bonds. The SMILES string of the molecule is CCc1nc(NC(=O)CN2C[C@@H]3CCCCN(C(=O)c4cccc(OC)c4OC)[C@@H]3C2)sc1C. The summed E-state index contributed by atoms with van der Waals surface area (Å²) in [7, 11) is 3.13.